The molecular formula is C22H29NO3. The molecule has 1 atom stereocenters. The molecule has 26 heavy (non-hydrogen) atoms. The van der Waals surface area contributed by atoms with Gasteiger partial charge in [-0.2, -0.15) is 0 Å². The number of carbonyl (C=O) groups excluding carboxylic acids is 1. The van der Waals surface area contributed by atoms with Gasteiger partial charge in [0.05, 0.1) is 6.61 Å². The van der Waals surface area contributed by atoms with Crippen LogP contribution < -0.4 is 14.8 Å². The summed E-state index contributed by atoms with van der Waals surface area (Å²) in [5.74, 6) is 1.59. The third kappa shape index (κ3) is 6.10. The van der Waals surface area contributed by atoms with Crippen LogP contribution in [-0.2, 0) is 11.2 Å². The summed E-state index contributed by atoms with van der Waals surface area (Å²) in [4.78, 5) is 12.4. The molecule has 0 saturated carbocycles. The Labute approximate surface area is 156 Å². The summed E-state index contributed by atoms with van der Waals surface area (Å²) in [6.45, 7) is 7.24. The summed E-state index contributed by atoms with van der Waals surface area (Å²) in [7, 11) is 0. The second-order valence-corrected chi connectivity index (χ2v) is 6.26. The summed E-state index contributed by atoms with van der Waals surface area (Å²) < 4.78 is 11.5. The molecule has 4 nitrogen and oxygen atoms in total. The van der Waals surface area contributed by atoms with Crippen molar-refractivity contribution >= 4 is 5.91 Å². The molecule has 1 amide bonds. The van der Waals surface area contributed by atoms with Crippen LogP contribution in [0.3, 0.4) is 0 Å². The van der Waals surface area contributed by atoms with Crippen LogP contribution in [-0.4, -0.2) is 25.2 Å². The maximum Gasteiger partial charge on any atom is 0.261 e. The first-order chi connectivity index (χ1) is 12.6. The Balaban J connectivity index is 1.79. The Morgan fingerprint density at radius 1 is 1.08 bits per heavy atom. The van der Waals surface area contributed by atoms with Crippen molar-refractivity contribution in [3.05, 3.63) is 59.7 Å². The molecular weight excluding hydrogens is 326 g/mol. The first kappa shape index (κ1) is 19.8. The molecule has 140 valence electrons. The Morgan fingerprint density at radius 3 is 2.50 bits per heavy atom. The lowest BCUT2D eigenvalue weighted by molar-refractivity contribution is -0.128. The number of ether oxygens (including phenoxy) is 2. The van der Waals surface area contributed by atoms with Crippen LogP contribution in [0.4, 0.5) is 0 Å². The molecule has 2 aromatic rings. The van der Waals surface area contributed by atoms with Crippen molar-refractivity contribution in [2.45, 2.75) is 46.1 Å². The van der Waals surface area contributed by atoms with Gasteiger partial charge in [-0.05, 0) is 56.9 Å². The molecule has 0 spiro atoms. The fourth-order valence-corrected chi connectivity index (χ4v) is 2.71. The van der Waals surface area contributed by atoms with Crippen LogP contribution in [0.2, 0.25) is 0 Å². The molecule has 4 heteroatoms. The molecule has 0 aliphatic rings. The molecule has 0 bridgehead atoms. The Bertz CT molecular complexity index is 682. The number of benzene rings is 2. The van der Waals surface area contributed by atoms with E-state index in [0.717, 1.165) is 24.3 Å². The highest BCUT2D eigenvalue weighted by molar-refractivity contribution is 5.81. The molecule has 0 radical (unpaired) electrons. The number of para-hydroxylation sites is 1. The van der Waals surface area contributed by atoms with Crippen molar-refractivity contribution in [3.8, 4) is 11.5 Å². The molecule has 1 unspecified atom stereocenters. The first-order valence-corrected chi connectivity index (χ1v) is 9.35. The lowest BCUT2D eigenvalue weighted by Crippen LogP contribution is -2.38. The van der Waals surface area contributed by atoms with Crippen molar-refractivity contribution in [1.29, 1.82) is 0 Å². The van der Waals surface area contributed by atoms with E-state index in [-0.39, 0.29) is 5.91 Å². The first-order valence-electron chi connectivity index (χ1n) is 9.35. The SMILES string of the molecule is CCOc1ccccc1CCCNC(=O)C(CC)Oc1ccc(C)cc1. The maximum atomic E-state index is 12.4. The molecule has 1 N–H and O–H groups in total. The van der Waals surface area contributed by atoms with Gasteiger partial charge >= 0.3 is 0 Å². The van der Waals surface area contributed by atoms with E-state index in [1.165, 1.54) is 11.1 Å². The molecule has 0 saturated heterocycles. The predicted molar refractivity (Wildman–Crippen MR) is 105 cm³/mol. The average molecular weight is 355 g/mol. The summed E-state index contributed by atoms with van der Waals surface area (Å²) in [5.41, 5.74) is 2.34. The highest BCUT2D eigenvalue weighted by Gasteiger charge is 2.17. The van der Waals surface area contributed by atoms with Crippen LogP contribution in [0.15, 0.2) is 48.5 Å². The summed E-state index contributed by atoms with van der Waals surface area (Å²) in [6, 6.07) is 15.8. The van der Waals surface area contributed by atoms with Crippen molar-refractivity contribution in [3.63, 3.8) is 0 Å². The van der Waals surface area contributed by atoms with Crippen LogP contribution in [0, 0.1) is 6.92 Å². The van der Waals surface area contributed by atoms with Gasteiger partial charge in [0, 0.05) is 6.54 Å². The zero-order valence-corrected chi connectivity index (χ0v) is 16.0. The maximum absolute atomic E-state index is 12.4. The third-order valence-electron chi connectivity index (χ3n) is 4.16. The number of rotatable bonds is 10. The standard InChI is InChI=1S/C22H29NO3/c1-4-20(26-19-14-12-17(3)13-15-19)22(24)23-16-8-10-18-9-6-7-11-21(18)25-5-2/h6-7,9,11-15,20H,4-5,8,10,16H2,1-3H3,(H,23,24). The van der Waals surface area contributed by atoms with Crippen LogP contribution in [0.25, 0.3) is 0 Å². The lowest BCUT2D eigenvalue weighted by Gasteiger charge is -2.17. The van der Waals surface area contributed by atoms with Gasteiger partial charge in [0.15, 0.2) is 6.10 Å². The fraction of sp³-hybridized carbons (Fsp3) is 0.409. The van der Waals surface area contributed by atoms with E-state index in [1.54, 1.807) is 0 Å². The van der Waals surface area contributed by atoms with Gasteiger partial charge in [0.1, 0.15) is 11.5 Å². The van der Waals surface area contributed by atoms with Gasteiger partial charge < -0.3 is 14.8 Å². The number of aryl methyl sites for hydroxylation is 2. The van der Waals surface area contributed by atoms with Crippen LogP contribution >= 0.6 is 0 Å². The molecule has 2 aromatic carbocycles. The zero-order chi connectivity index (χ0) is 18.8. The van der Waals surface area contributed by atoms with Gasteiger partial charge in [-0.3, -0.25) is 4.79 Å². The monoisotopic (exact) mass is 355 g/mol. The summed E-state index contributed by atoms with van der Waals surface area (Å²) >= 11 is 0. The largest absolute Gasteiger partial charge is 0.494 e. The Hall–Kier alpha value is -2.49. The molecule has 0 aliphatic heterocycles. The van der Waals surface area contributed by atoms with Gasteiger partial charge in [-0.1, -0.05) is 42.8 Å². The molecule has 0 aliphatic carbocycles. The van der Waals surface area contributed by atoms with Gasteiger partial charge in [0.2, 0.25) is 0 Å². The van der Waals surface area contributed by atoms with Crippen molar-refractivity contribution in [2.24, 2.45) is 0 Å². The molecule has 0 fully saturated rings. The molecule has 2 rings (SSSR count). The van der Waals surface area contributed by atoms with E-state index < -0.39 is 6.10 Å². The normalized spacial score (nSPS) is 11.7. The van der Waals surface area contributed by atoms with Crippen molar-refractivity contribution < 1.29 is 14.3 Å². The number of hydrogen-bond donors (Lipinski definition) is 1. The Kier molecular flexibility index (Phi) is 8.00. The van der Waals surface area contributed by atoms with E-state index in [9.17, 15) is 4.79 Å². The van der Waals surface area contributed by atoms with Crippen LogP contribution in [0.1, 0.15) is 37.8 Å². The van der Waals surface area contributed by atoms with Crippen LogP contribution in [0.5, 0.6) is 11.5 Å². The third-order valence-corrected chi connectivity index (χ3v) is 4.16. The van der Waals surface area contributed by atoms with Gasteiger partial charge in [-0.15, -0.1) is 0 Å². The minimum atomic E-state index is -0.464. The lowest BCUT2D eigenvalue weighted by atomic mass is 10.1. The highest BCUT2D eigenvalue weighted by Crippen LogP contribution is 2.19. The Morgan fingerprint density at radius 2 is 1.81 bits per heavy atom. The van der Waals surface area contributed by atoms with E-state index in [4.69, 9.17) is 9.47 Å². The topological polar surface area (TPSA) is 47.6 Å². The quantitative estimate of drug-likeness (QED) is 0.647. The molecule has 0 aromatic heterocycles. The predicted octanol–water partition coefficient (Wildman–Crippen LogP) is 4.30. The highest BCUT2D eigenvalue weighted by atomic mass is 16.5. The fourth-order valence-electron chi connectivity index (χ4n) is 2.71. The minimum absolute atomic E-state index is 0.0637. The van der Waals surface area contributed by atoms with Crippen molar-refractivity contribution in [1.82, 2.24) is 5.32 Å². The van der Waals surface area contributed by atoms with Gasteiger partial charge in [0.25, 0.3) is 5.91 Å². The number of amides is 1. The number of nitrogens with one attached hydrogen (secondary N) is 1. The second-order valence-electron chi connectivity index (χ2n) is 6.26. The van der Waals surface area contributed by atoms with E-state index in [2.05, 4.69) is 11.4 Å². The zero-order valence-electron chi connectivity index (χ0n) is 16.0. The summed E-state index contributed by atoms with van der Waals surface area (Å²) in [6.07, 6.45) is 1.89. The molecule has 0 heterocycles. The van der Waals surface area contributed by atoms with Gasteiger partial charge in [-0.25, -0.2) is 0 Å². The van der Waals surface area contributed by atoms with E-state index >= 15 is 0 Å². The second kappa shape index (κ2) is 10.5. The van der Waals surface area contributed by atoms with Crippen molar-refractivity contribution in [2.75, 3.05) is 13.2 Å². The summed E-state index contributed by atoms with van der Waals surface area (Å²) in [5, 5.41) is 2.98. The van der Waals surface area contributed by atoms with E-state index in [1.807, 2.05) is 63.2 Å². The average Bonchev–Trinajstić information content (AvgIpc) is 2.66. The number of hydrogen-bond acceptors (Lipinski definition) is 3. The number of carbonyl (C=O) groups is 1. The van der Waals surface area contributed by atoms with E-state index in [0.29, 0.717) is 19.6 Å². The minimum Gasteiger partial charge on any atom is -0.494 e. The smallest absolute Gasteiger partial charge is 0.261 e.